The van der Waals surface area contributed by atoms with Gasteiger partial charge in [-0.2, -0.15) is 5.10 Å². The molecule has 3 aromatic heterocycles. The molecule has 1 N–H and O–H groups in total. The van der Waals surface area contributed by atoms with Crippen LogP contribution in [-0.4, -0.2) is 55.9 Å². The summed E-state index contributed by atoms with van der Waals surface area (Å²) in [5, 5.41) is 6.85. The van der Waals surface area contributed by atoms with E-state index in [4.69, 9.17) is 4.74 Å². The molecule has 0 bridgehead atoms. The van der Waals surface area contributed by atoms with Gasteiger partial charge in [-0.15, -0.1) is 0 Å². The van der Waals surface area contributed by atoms with Gasteiger partial charge in [-0.3, -0.25) is 4.98 Å². The molecule has 0 aliphatic rings. The molecule has 0 spiro atoms. The van der Waals surface area contributed by atoms with Crippen LogP contribution < -0.4 is 5.32 Å². The van der Waals surface area contributed by atoms with Crippen LogP contribution in [0.2, 0.25) is 0 Å². The molecule has 0 aromatic carbocycles. The van der Waals surface area contributed by atoms with Crippen molar-refractivity contribution >= 4 is 11.7 Å². The minimum atomic E-state index is -0.247. The quantitative estimate of drug-likeness (QED) is 0.695. The lowest BCUT2D eigenvalue weighted by Gasteiger charge is -2.22. The summed E-state index contributed by atoms with van der Waals surface area (Å²) in [4.78, 5) is 26.7. The van der Waals surface area contributed by atoms with Gasteiger partial charge in [0, 0.05) is 19.9 Å². The van der Waals surface area contributed by atoms with E-state index in [1.165, 1.54) is 11.0 Å². The summed E-state index contributed by atoms with van der Waals surface area (Å²) >= 11 is 0. The lowest BCUT2D eigenvalue weighted by atomic mass is 10.3. The molecule has 134 valence electrons. The number of nitrogens with zero attached hydrogens (tertiary/aromatic N) is 6. The van der Waals surface area contributed by atoms with Crippen molar-refractivity contribution in [3.05, 3.63) is 61.1 Å². The number of methoxy groups -OCH3 is 1. The minimum absolute atomic E-state index is 0.247. The van der Waals surface area contributed by atoms with E-state index in [1.54, 1.807) is 42.9 Å². The predicted molar refractivity (Wildman–Crippen MR) is 94.7 cm³/mol. The number of hydrogen-bond donors (Lipinski definition) is 1. The zero-order valence-electron chi connectivity index (χ0n) is 14.3. The number of aromatic nitrogens is 5. The van der Waals surface area contributed by atoms with Gasteiger partial charge in [0.15, 0.2) is 5.82 Å². The van der Waals surface area contributed by atoms with Gasteiger partial charge in [-0.1, -0.05) is 6.07 Å². The van der Waals surface area contributed by atoms with E-state index in [1.807, 2.05) is 18.2 Å². The number of anilines is 1. The number of carbonyl (C=O) groups is 1. The fourth-order valence-electron chi connectivity index (χ4n) is 2.27. The largest absolute Gasteiger partial charge is 0.383 e. The summed E-state index contributed by atoms with van der Waals surface area (Å²) in [6.45, 7) is 1.27. The number of amides is 2. The summed E-state index contributed by atoms with van der Waals surface area (Å²) in [7, 11) is 1.60. The highest BCUT2D eigenvalue weighted by Gasteiger charge is 2.15. The van der Waals surface area contributed by atoms with Crippen LogP contribution in [0, 0.1) is 0 Å². The van der Waals surface area contributed by atoms with Crippen molar-refractivity contribution in [1.82, 2.24) is 29.6 Å². The maximum Gasteiger partial charge on any atom is 0.322 e. The number of hydrogen-bond acceptors (Lipinski definition) is 6. The van der Waals surface area contributed by atoms with Gasteiger partial charge >= 0.3 is 6.03 Å². The lowest BCUT2D eigenvalue weighted by Crippen LogP contribution is -2.37. The standard InChI is InChI=1S/C17H19N7O2/c1-26-9-8-23(11-15-4-2-3-7-19-15)17(25)22-14-5-6-16(20-10-14)24-13-18-12-21-24/h2-7,10,12-13H,8-9,11H2,1H3,(H,22,25). The van der Waals surface area contributed by atoms with Crippen molar-refractivity contribution < 1.29 is 9.53 Å². The molecule has 9 nitrogen and oxygen atoms in total. The van der Waals surface area contributed by atoms with Crippen LogP contribution in [0.25, 0.3) is 5.82 Å². The highest BCUT2D eigenvalue weighted by Crippen LogP contribution is 2.11. The first-order valence-corrected chi connectivity index (χ1v) is 8.02. The van der Waals surface area contributed by atoms with Crippen molar-refractivity contribution in [2.75, 3.05) is 25.6 Å². The van der Waals surface area contributed by atoms with Crippen molar-refractivity contribution in [1.29, 1.82) is 0 Å². The van der Waals surface area contributed by atoms with Gasteiger partial charge in [-0.25, -0.2) is 19.4 Å². The first kappa shape index (κ1) is 17.5. The van der Waals surface area contributed by atoms with E-state index < -0.39 is 0 Å². The lowest BCUT2D eigenvalue weighted by molar-refractivity contribution is 0.152. The normalized spacial score (nSPS) is 10.5. The van der Waals surface area contributed by atoms with E-state index in [0.29, 0.717) is 31.2 Å². The maximum absolute atomic E-state index is 12.6. The van der Waals surface area contributed by atoms with Gasteiger partial charge in [-0.05, 0) is 24.3 Å². The fraction of sp³-hybridized carbons (Fsp3) is 0.235. The van der Waals surface area contributed by atoms with Crippen LogP contribution in [0.5, 0.6) is 0 Å². The molecule has 0 saturated carbocycles. The molecular formula is C17H19N7O2. The Morgan fingerprint density at radius 2 is 2.19 bits per heavy atom. The number of carbonyl (C=O) groups excluding carboxylic acids is 1. The predicted octanol–water partition coefficient (Wildman–Crippen LogP) is 1.74. The Hall–Kier alpha value is -3.33. The number of nitrogens with one attached hydrogen (secondary N) is 1. The molecule has 0 atom stereocenters. The van der Waals surface area contributed by atoms with Crippen LogP contribution in [-0.2, 0) is 11.3 Å². The third-order valence-corrected chi connectivity index (χ3v) is 3.58. The van der Waals surface area contributed by atoms with Crippen molar-refractivity contribution in [3.63, 3.8) is 0 Å². The van der Waals surface area contributed by atoms with Gasteiger partial charge in [0.1, 0.15) is 12.7 Å². The Morgan fingerprint density at radius 1 is 1.27 bits per heavy atom. The second kappa shape index (κ2) is 8.67. The van der Waals surface area contributed by atoms with E-state index in [-0.39, 0.29) is 6.03 Å². The number of pyridine rings is 2. The van der Waals surface area contributed by atoms with Gasteiger partial charge < -0.3 is 15.0 Å². The zero-order valence-corrected chi connectivity index (χ0v) is 14.3. The van der Waals surface area contributed by atoms with Crippen LogP contribution >= 0.6 is 0 Å². The SMILES string of the molecule is COCCN(Cc1ccccn1)C(=O)Nc1ccc(-n2cncn2)nc1. The topological polar surface area (TPSA) is 98.1 Å². The van der Waals surface area contributed by atoms with Gasteiger partial charge in [0.25, 0.3) is 0 Å². The van der Waals surface area contributed by atoms with Crippen LogP contribution in [0.4, 0.5) is 10.5 Å². The Kier molecular flexibility index (Phi) is 5.84. The molecule has 0 fully saturated rings. The van der Waals surface area contributed by atoms with E-state index >= 15 is 0 Å². The molecule has 0 saturated heterocycles. The second-order valence-electron chi connectivity index (χ2n) is 5.41. The van der Waals surface area contributed by atoms with Crippen molar-refractivity contribution in [2.45, 2.75) is 6.54 Å². The third-order valence-electron chi connectivity index (χ3n) is 3.58. The zero-order chi connectivity index (χ0) is 18.2. The number of urea groups is 1. The first-order valence-electron chi connectivity index (χ1n) is 8.02. The molecule has 26 heavy (non-hydrogen) atoms. The van der Waals surface area contributed by atoms with Crippen molar-refractivity contribution in [3.8, 4) is 5.82 Å². The first-order chi connectivity index (χ1) is 12.8. The summed E-state index contributed by atoms with van der Waals surface area (Å²) in [5.41, 5.74) is 1.39. The van der Waals surface area contributed by atoms with E-state index in [2.05, 4.69) is 25.4 Å². The van der Waals surface area contributed by atoms with Gasteiger partial charge in [0.05, 0.1) is 30.7 Å². The maximum atomic E-state index is 12.6. The van der Waals surface area contributed by atoms with Crippen molar-refractivity contribution in [2.24, 2.45) is 0 Å². The molecule has 0 aliphatic heterocycles. The second-order valence-corrected chi connectivity index (χ2v) is 5.41. The van der Waals surface area contributed by atoms with E-state index in [9.17, 15) is 4.79 Å². The van der Waals surface area contributed by atoms with Crippen LogP contribution in [0.15, 0.2) is 55.4 Å². The Morgan fingerprint density at radius 3 is 2.85 bits per heavy atom. The Balaban J connectivity index is 1.66. The Bertz CT molecular complexity index is 807. The smallest absolute Gasteiger partial charge is 0.322 e. The average molecular weight is 353 g/mol. The molecule has 0 aliphatic carbocycles. The van der Waals surface area contributed by atoms with E-state index in [0.717, 1.165) is 5.69 Å². The number of rotatable bonds is 7. The molecule has 2 amide bonds. The van der Waals surface area contributed by atoms with Crippen LogP contribution in [0.1, 0.15) is 5.69 Å². The molecule has 3 aromatic rings. The molecule has 0 radical (unpaired) electrons. The molecule has 9 heteroatoms. The van der Waals surface area contributed by atoms with Crippen LogP contribution in [0.3, 0.4) is 0 Å². The highest BCUT2D eigenvalue weighted by molar-refractivity contribution is 5.89. The fourth-order valence-corrected chi connectivity index (χ4v) is 2.27. The van der Waals surface area contributed by atoms with Gasteiger partial charge in [0.2, 0.25) is 0 Å². The Labute approximate surface area is 150 Å². The summed E-state index contributed by atoms with van der Waals surface area (Å²) in [6.07, 6.45) is 6.27. The number of ether oxygens (including phenoxy) is 1. The molecule has 3 rings (SSSR count). The summed E-state index contributed by atoms with van der Waals surface area (Å²) < 4.78 is 6.64. The molecular weight excluding hydrogens is 334 g/mol. The average Bonchev–Trinajstić information content (AvgIpc) is 3.21. The molecule has 0 unspecified atom stereocenters. The summed E-state index contributed by atoms with van der Waals surface area (Å²) in [5.74, 6) is 0.616. The monoisotopic (exact) mass is 353 g/mol. The molecule has 3 heterocycles. The summed E-state index contributed by atoms with van der Waals surface area (Å²) in [6, 6.07) is 8.87. The minimum Gasteiger partial charge on any atom is -0.383 e. The highest BCUT2D eigenvalue weighted by atomic mass is 16.5. The third kappa shape index (κ3) is 4.61.